The number of likely N-dealkylation sites (N-methyl/N-ethyl adjacent to an activating group) is 1. The second-order valence-corrected chi connectivity index (χ2v) is 8.16. The molecule has 0 spiro atoms. The van der Waals surface area contributed by atoms with Gasteiger partial charge in [0.25, 0.3) is 0 Å². The van der Waals surface area contributed by atoms with Crippen molar-refractivity contribution in [2.24, 2.45) is 16.3 Å². The van der Waals surface area contributed by atoms with Gasteiger partial charge < -0.3 is 25.0 Å². The highest BCUT2D eigenvalue weighted by molar-refractivity contribution is 14.0. The summed E-state index contributed by atoms with van der Waals surface area (Å²) in [5, 5.41) is 6.94. The monoisotopic (exact) mass is 480 g/mol. The number of hydrogen-bond acceptors (Lipinski definition) is 4. The Hall–Kier alpha value is -0.610. The number of hydrogen-bond donors (Lipinski definition) is 2. The topological polar surface area (TPSA) is 75.2 Å². The first-order valence-electron chi connectivity index (χ1n) is 9.38. The summed E-state index contributed by atoms with van der Waals surface area (Å²) in [5.41, 5.74) is 0.0685. The molecule has 3 fully saturated rings. The minimum Gasteiger partial charge on any atom is -0.377 e. The second-order valence-electron chi connectivity index (χ2n) is 8.16. The highest BCUT2D eigenvalue weighted by Gasteiger charge is 2.59. The zero-order chi connectivity index (χ0) is 18.0. The maximum atomic E-state index is 11.9. The molecule has 1 aliphatic carbocycles. The summed E-state index contributed by atoms with van der Waals surface area (Å²) in [6.45, 7) is 7.01. The van der Waals surface area contributed by atoms with Crippen LogP contribution in [0.25, 0.3) is 0 Å². The molecule has 0 aromatic heterocycles. The van der Waals surface area contributed by atoms with E-state index in [1.807, 2.05) is 0 Å². The van der Waals surface area contributed by atoms with E-state index in [1.165, 1.54) is 0 Å². The van der Waals surface area contributed by atoms with Gasteiger partial charge in [0.05, 0.1) is 12.2 Å². The molecule has 1 amide bonds. The molecular formula is C18H33IN4O3. The molecule has 2 heterocycles. The molecule has 2 saturated heterocycles. The van der Waals surface area contributed by atoms with Crippen LogP contribution in [-0.2, 0) is 14.3 Å². The van der Waals surface area contributed by atoms with Crippen LogP contribution in [0.4, 0.5) is 0 Å². The summed E-state index contributed by atoms with van der Waals surface area (Å²) < 4.78 is 11.6. The van der Waals surface area contributed by atoms with Gasteiger partial charge in [-0.05, 0) is 19.3 Å². The number of fused-ring (bicyclic) bond motifs is 1. The minimum absolute atomic E-state index is 0. The molecule has 0 radical (unpaired) electrons. The van der Waals surface area contributed by atoms with Crippen LogP contribution in [0.1, 0.15) is 33.1 Å². The quantitative estimate of drug-likeness (QED) is 0.352. The van der Waals surface area contributed by atoms with Gasteiger partial charge in [-0.15, -0.1) is 24.0 Å². The number of nitrogens with one attached hydrogen (secondary N) is 2. The van der Waals surface area contributed by atoms with Crippen LogP contribution < -0.4 is 10.6 Å². The van der Waals surface area contributed by atoms with E-state index >= 15 is 0 Å². The molecule has 0 aromatic carbocycles. The lowest BCUT2D eigenvalue weighted by Gasteiger charge is -2.55. The lowest BCUT2D eigenvalue weighted by atomic mass is 9.57. The number of halogens is 1. The van der Waals surface area contributed by atoms with Crippen molar-refractivity contribution in [1.82, 2.24) is 15.5 Å². The minimum atomic E-state index is -0.00633. The average molecular weight is 480 g/mol. The first-order valence-corrected chi connectivity index (χ1v) is 9.38. The molecule has 0 bridgehead atoms. The Labute approximate surface area is 173 Å². The fraction of sp³-hybridized carbons (Fsp3) is 0.889. The van der Waals surface area contributed by atoms with Crippen molar-refractivity contribution in [3.63, 3.8) is 0 Å². The van der Waals surface area contributed by atoms with Crippen LogP contribution in [-0.4, -0.2) is 75.4 Å². The highest BCUT2D eigenvalue weighted by atomic mass is 127. The van der Waals surface area contributed by atoms with Crippen molar-refractivity contribution >= 4 is 35.8 Å². The Morgan fingerprint density at radius 3 is 2.65 bits per heavy atom. The molecule has 7 nitrogen and oxygen atoms in total. The third-order valence-electron chi connectivity index (χ3n) is 5.79. The van der Waals surface area contributed by atoms with E-state index in [9.17, 15) is 4.79 Å². The number of ether oxygens (including phenoxy) is 2. The van der Waals surface area contributed by atoms with Gasteiger partial charge in [-0.25, -0.2) is 4.99 Å². The van der Waals surface area contributed by atoms with Crippen molar-refractivity contribution in [1.29, 1.82) is 0 Å². The van der Waals surface area contributed by atoms with E-state index in [0.29, 0.717) is 24.0 Å². The third-order valence-corrected chi connectivity index (χ3v) is 5.79. The molecule has 8 heteroatoms. The van der Waals surface area contributed by atoms with E-state index in [4.69, 9.17) is 9.47 Å². The molecular weight excluding hydrogens is 447 g/mol. The molecule has 4 unspecified atom stereocenters. The smallest absolute Gasteiger partial charge is 0.243 e. The van der Waals surface area contributed by atoms with Crippen LogP contribution in [0.15, 0.2) is 4.99 Å². The van der Waals surface area contributed by atoms with Crippen molar-refractivity contribution in [2.45, 2.75) is 51.4 Å². The summed E-state index contributed by atoms with van der Waals surface area (Å²) in [6, 6.07) is 0.310. The van der Waals surface area contributed by atoms with Gasteiger partial charge in [-0.3, -0.25) is 4.79 Å². The largest absolute Gasteiger partial charge is 0.377 e. The van der Waals surface area contributed by atoms with E-state index in [-0.39, 0.29) is 47.9 Å². The molecule has 0 aromatic rings. The first-order chi connectivity index (χ1) is 11.9. The van der Waals surface area contributed by atoms with Crippen molar-refractivity contribution in [3.8, 4) is 0 Å². The summed E-state index contributed by atoms with van der Waals surface area (Å²) in [6.07, 6.45) is 3.83. The highest BCUT2D eigenvalue weighted by Crippen LogP contribution is 2.52. The predicted octanol–water partition coefficient (Wildman–Crippen LogP) is 1.22. The number of amides is 1. The zero-order valence-corrected chi connectivity index (χ0v) is 18.6. The van der Waals surface area contributed by atoms with Gasteiger partial charge in [0.2, 0.25) is 5.91 Å². The van der Waals surface area contributed by atoms with Crippen LogP contribution in [0.2, 0.25) is 0 Å². The molecule has 150 valence electrons. The molecule has 2 aliphatic heterocycles. The number of guanidine groups is 1. The van der Waals surface area contributed by atoms with Gasteiger partial charge in [0.15, 0.2) is 5.96 Å². The van der Waals surface area contributed by atoms with Crippen molar-refractivity contribution in [3.05, 3.63) is 0 Å². The van der Waals surface area contributed by atoms with Crippen LogP contribution in [0.3, 0.4) is 0 Å². The maximum Gasteiger partial charge on any atom is 0.243 e. The summed E-state index contributed by atoms with van der Waals surface area (Å²) in [4.78, 5) is 18.0. The lowest BCUT2D eigenvalue weighted by Crippen LogP contribution is -2.68. The number of carbonyl (C=O) groups is 1. The van der Waals surface area contributed by atoms with Gasteiger partial charge in [-0.1, -0.05) is 13.8 Å². The van der Waals surface area contributed by atoms with Gasteiger partial charge in [-0.2, -0.15) is 0 Å². The molecule has 2 N–H and O–H groups in total. The van der Waals surface area contributed by atoms with E-state index in [0.717, 1.165) is 39.0 Å². The summed E-state index contributed by atoms with van der Waals surface area (Å²) >= 11 is 0. The number of carbonyl (C=O) groups excluding carboxylic acids is 1. The fourth-order valence-electron chi connectivity index (χ4n) is 4.22. The van der Waals surface area contributed by atoms with Crippen molar-refractivity contribution in [2.75, 3.05) is 40.4 Å². The fourth-order valence-corrected chi connectivity index (χ4v) is 4.22. The van der Waals surface area contributed by atoms with Crippen LogP contribution in [0, 0.1) is 11.3 Å². The first kappa shape index (κ1) is 21.7. The molecule has 26 heavy (non-hydrogen) atoms. The Morgan fingerprint density at radius 1 is 1.23 bits per heavy atom. The van der Waals surface area contributed by atoms with E-state index in [1.54, 1.807) is 19.0 Å². The third kappa shape index (κ3) is 4.62. The molecule has 4 atom stereocenters. The zero-order valence-electron chi connectivity index (χ0n) is 16.3. The molecule has 3 rings (SSSR count). The molecule has 1 saturated carbocycles. The van der Waals surface area contributed by atoms with Gasteiger partial charge in [0, 0.05) is 51.2 Å². The second kappa shape index (κ2) is 9.05. The Bertz CT molecular complexity index is 521. The maximum absolute atomic E-state index is 11.9. The van der Waals surface area contributed by atoms with Gasteiger partial charge in [0.1, 0.15) is 6.54 Å². The summed E-state index contributed by atoms with van der Waals surface area (Å²) in [5.74, 6) is 1.22. The average Bonchev–Trinajstić information content (AvgIpc) is 3.23. The summed E-state index contributed by atoms with van der Waals surface area (Å²) in [7, 11) is 3.50. The SMILES string of the molecule is CN(C)C(=O)CN=C(NCC1CCCO1)NC1C2CCOC2C1(C)C.I. The van der Waals surface area contributed by atoms with E-state index in [2.05, 4.69) is 29.5 Å². The van der Waals surface area contributed by atoms with Gasteiger partial charge >= 0.3 is 0 Å². The number of aliphatic imine (C=N–C) groups is 1. The predicted molar refractivity (Wildman–Crippen MR) is 112 cm³/mol. The van der Waals surface area contributed by atoms with Crippen LogP contribution >= 0.6 is 24.0 Å². The van der Waals surface area contributed by atoms with Crippen LogP contribution in [0.5, 0.6) is 0 Å². The Morgan fingerprint density at radius 2 is 2.00 bits per heavy atom. The molecule has 3 aliphatic rings. The number of nitrogens with zero attached hydrogens (tertiary/aromatic N) is 2. The normalized spacial score (nSPS) is 32.2. The number of rotatable bonds is 5. The lowest BCUT2D eigenvalue weighted by molar-refractivity contribution is -0.127. The van der Waals surface area contributed by atoms with Crippen molar-refractivity contribution < 1.29 is 14.3 Å². The van der Waals surface area contributed by atoms with E-state index < -0.39 is 0 Å². The Kier molecular flexibility index (Phi) is 7.55. The Balaban J connectivity index is 0.00000243. The standard InChI is InChI=1S/C18H32N4O3.HI/c1-18(2)15(13-7-9-25-16(13)18)21-17(20-11-14(23)22(3)4)19-10-12-6-5-8-24-12;/h12-13,15-16H,5-11H2,1-4H3,(H2,19,20,21);1H.